The van der Waals surface area contributed by atoms with Gasteiger partial charge >= 0.3 is 5.97 Å². The molecule has 0 fully saturated rings. The number of hydrogen-bond acceptors (Lipinski definition) is 2. The first-order valence-corrected chi connectivity index (χ1v) is 5.43. The van der Waals surface area contributed by atoms with Crippen molar-refractivity contribution in [2.24, 2.45) is 0 Å². The second kappa shape index (κ2) is 3.91. The molecule has 0 amide bonds. The number of ether oxygens (including phenoxy) is 1. The molecule has 1 aliphatic heterocycles. The van der Waals surface area contributed by atoms with Gasteiger partial charge in [0.15, 0.2) is 0 Å². The van der Waals surface area contributed by atoms with Crippen molar-refractivity contribution in [1.29, 1.82) is 0 Å². The lowest BCUT2D eigenvalue weighted by molar-refractivity contribution is -0.126. The van der Waals surface area contributed by atoms with E-state index in [1.165, 1.54) is 0 Å². The first-order valence-electron chi connectivity index (χ1n) is 5.43. The molecule has 2 nitrogen and oxygen atoms in total. The number of para-hydroxylation sites is 1. The van der Waals surface area contributed by atoms with Gasteiger partial charge in [0.2, 0.25) is 0 Å². The molecular formula is C15H10O2. The van der Waals surface area contributed by atoms with Crippen molar-refractivity contribution in [1.82, 2.24) is 0 Å². The fourth-order valence-corrected chi connectivity index (χ4v) is 1.90. The molecule has 2 aromatic rings. The second-order valence-electron chi connectivity index (χ2n) is 3.85. The Hall–Kier alpha value is -2.35. The molecule has 0 unspecified atom stereocenters. The summed E-state index contributed by atoms with van der Waals surface area (Å²) in [5.74, 6) is 0.356. The zero-order valence-electron chi connectivity index (χ0n) is 9.09. The zero-order valence-corrected chi connectivity index (χ0v) is 9.09. The van der Waals surface area contributed by atoms with Crippen molar-refractivity contribution >= 4 is 17.6 Å². The largest absolute Gasteiger partial charge is 0.422 e. The maximum atomic E-state index is 11.7. The maximum Gasteiger partial charge on any atom is 0.344 e. The third-order valence-corrected chi connectivity index (χ3v) is 2.71. The molecule has 17 heavy (non-hydrogen) atoms. The first-order chi connectivity index (χ1) is 8.34. The van der Waals surface area contributed by atoms with Crippen LogP contribution in [0.4, 0.5) is 0 Å². The molecule has 0 aliphatic carbocycles. The lowest BCUT2D eigenvalue weighted by atomic mass is 10.0. The number of benzene rings is 2. The average Bonchev–Trinajstić information content (AvgIpc) is 2.68. The normalized spacial score (nSPS) is 15.8. The Morgan fingerprint density at radius 2 is 1.59 bits per heavy atom. The molecule has 0 spiro atoms. The molecule has 2 heteroatoms. The van der Waals surface area contributed by atoms with Crippen LogP contribution in [-0.2, 0) is 4.79 Å². The van der Waals surface area contributed by atoms with Crippen LogP contribution in [0.2, 0.25) is 0 Å². The SMILES string of the molecule is O=C1Oc2ccccc2/C1=C\c1ccccc1. The summed E-state index contributed by atoms with van der Waals surface area (Å²) in [6, 6.07) is 17.2. The number of hydrogen-bond donors (Lipinski definition) is 0. The number of rotatable bonds is 1. The van der Waals surface area contributed by atoms with Gasteiger partial charge in [-0.2, -0.15) is 0 Å². The average molecular weight is 222 g/mol. The van der Waals surface area contributed by atoms with Crippen LogP contribution >= 0.6 is 0 Å². The lowest BCUT2D eigenvalue weighted by Gasteiger charge is -1.95. The molecule has 0 aromatic heterocycles. The molecule has 0 radical (unpaired) electrons. The van der Waals surface area contributed by atoms with Crippen molar-refractivity contribution in [3.8, 4) is 5.75 Å². The Bertz CT molecular complexity index is 597. The van der Waals surface area contributed by atoms with E-state index in [2.05, 4.69) is 0 Å². The summed E-state index contributed by atoms with van der Waals surface area (Å²) < 4.78 is 5.18. The Morgan fingerprint density at radius 3 is 2.41 bits per heavy atom. The van der Waals surface area contributed by atoms with Gasteiger partial charge in [0.05, 0.1) is 5.57 Å². The minimum absolute atomic E-state index is 0.282. The minimum Gasteiger partial charge on any atom is -0.422 e. The molecule has 82 valence electrons. The maximum absolute atomic E-state index is 11.7. The third-order valence-electron chi connectivity index (χ3n) is 2.71. The van der Waals surface area contributed by atoms with E-state index in [0.717, 1.165) is 11.1 Å². The van der Waals surface area contributed by atoms with E-state index in [1.54, 1.807) is 6.07 Å². The van der Waals surface area contributed by atoms with E-state index >= 15 is 0 Å². The molecule has 2 aromatic carbocycles. The fraction of sp³-hybridized carbons (Fsp3) is 0. The van der Waals surface area contributed by atoms with Gasteiger partial charge in [0.25, 0.3) is 0 Å². The van der Waals surface area contributed by atoms with E-state index in [1.807, 2.05) is 54.6 Å². The molecule has 0 saturated carbocycles. The highest BCUT2D eigenvalue weighted by atomic mass is 16.5. The van der Waals surface area contributed by atoms with Crippen molar-refractivity contribution in [2.75, 3.05) is 0 Å². The summed E-state index contributed by atoms with van der Waals surface area (Å²) in [5.41, 5.74) is 2.48. The van der Waals surface area contributed by atoms with E-state index in [4.69, 9.17) is 4.74 Å². The molecular weight excluding hydrogens is 212 g/mol. The summed E-state index contributed by atoms with van der Waals surface area (Å²) in [4.78, 5) is 11.7. The summed E-state index contributed by atoms with van der Waals surface area (Å²) in [6.45, 7) is 0. The Kier molecular flexibility index (Phi) is 2.26. The predicted molar refractivity (Wildman–Crippen MR) is 66.4 cm³/mol. The van der Waals surface area contributed by atoms with Crippen molar-refractivity contribution < 1.29 is 9.53 Å². The van der Waals surface area contributed by atoms with Gasteiger partial charge in [0, 0.05) is 5.56 Å². The number of fused-ring (bicyclic) bond motifs is 1. The van der Waals surface area contributed by atoms with Crippen LogP contribution in [0.3, 0.4) is 0 Å². The molecule has 1 aliphatic rings. The molecule has 0 saturated heterocycles. The second-order valence-corrected chi connectivity index (χ2v) is 3.85. The van der Waals surface area contributed by atoms with Gasteiger partial charge in [-0.25, -0.2) is 4.79 Å². The smallest absolute Gasteiger partial charge is 0.344 e. The van der Waals surface area contributed by atoms with Crippen molar-refractivity contribution in [3.63, 3.8) is 0 Å². The molecule has 0 bridgehead atoms. The van der Waals surface area contributed by atoms with Crippen LogP contribution in [0.15, 0.2) is 54.6 Å². The molecule has 1 heterocycles. The van der Waals surface area contributed by atoms with Crippen LogP contribution < -0.4 is 4.74 Å². The lowest BCUT2D eigenvalue weighted by Crippen LogP contribution is -2.00. The van der Waals surface area contributed by atoms with E-state index < -0.39 is 0 Å². The Balaban J connectivity index is 2.10. The Labute approximate surface area is 99.2 Å². The van der Waals surface area contributed by atoms with Crippen molar-refractivity contribution in [2.45, 2.75) is 0 Å². The van der Waals surface area contributed by atoms with Crippen LogP contribution in [0.1, 0.15) is 11.1 Å². The molecule has 0 atom stereocenters. The first kappa shape index (κ1) is 9.85. The van der Waals surface area contributed by atoms with Crippen LogP contribution in [-0.4, -0.2) is 5.97 Å². The van der Waals surface area contributed by atoms with Crippen molar-refractivity contribution in [3.05, 3.63) is 65.7 Å². The van der Waals surface area contributed by atoms with Crippen LogP contribution in [0.25, 0.3) is 11.6 Å². The van der Waals surface area contributed by atoms with Gasteiger partial charge in [-0.15, -0.1) is 0 Å². The van der Waals surface area contributed by atoms with Gasteiger partial charge in [0.1, 0.15) is 5.75 Å². The topological polar surface area (TPSA) is 26.3 Å². The van der Waals surface area contributed by atoms with E-state index in [0.29, 0.717) is 11.3 Å². The minimum atomic E-state index is -0.282. The number of esters is 1. The standard InChI is InChI=1S/C15H10O2/c16-15-13(10-11-6-2-1-3-7-11)12-8-4-5-9-14(12)17-15/h1-10H/b13-10+. The van der Waals surface area contributed by atoms with Crippen LogP contribution in [0, 0.1) is 0 Å². The fourth-order valence-electron chi connectivity index (χ4n) is 1.90. The quantitative estimate of drug-likeness (QED) is 0.421. The van der Waals surface area contributed by atoms with E-state index in [9.17, 15) is 4.79 Å². The molecule has 3 rings (SSSR count). The highest BCUT2D eigenvalue weighted by Gasteiger charge is 2.25. The zero-order chi connectivity index (χ0) is 11.7. The highest BCUT2D eigenvalue weighted by Crippen LogP contribution is 2.34. The monoisotopic (exact) mass is 222 g/mol. The summed E-state index contributed by atoms with van der Waals surface area (Å²) in [5, 5.41) is 0. The summed E-state index contributed by atoms with van der Waals surface area (Å²) >= 11 is 0. The predicted octanol–water partition coefficient (Wildman–Crippen LogP) is 3.15. The van der Waals surface area contributed by atoms with E-state index in [-0.39, 0.29) is 5.97 Å². The van der Waals surface area contributed by atoms with Gasteiger partial charge < -0.3 is 4.74 Å². The summed E-state index contributed by atoms with van der Waals surface area (Å²) in [6.07, 6.45) is 1.86. The van der Waals surface area contributed by atoms with Crippen LogP contribution in [0.5, 0.6) is 5.75 Å². The Morgan fingerprint density at radius 1 is 0.882 bits per heavy atom. The highest BCUT2D eigenvalue weighted by molar-refractivity contribution is 6.25. The third kappa shape index (κ3) is 1.74. The molecule has 0 N–H and O–H groups in total. The van der Waals surface area contributed by atoms with Gasteiger partial charge in [-0.1, -0.05) is 48.5 Å². The van der Waals surface area contributed by atoms with Gasteiger partial charge in [-0.3, -0.25) is 0 Å². The number of carbonyl (C=O) groups is 1. The number of carbonyl (C=O) groups excluding carboxylic acids is 1. The van der Waals surface area contributed by atoms with Gasteiger partial charge in [-0.05, 0) is 17.7 Å². The summed E-state index contributed by atoms with van der Waals surface area (Å²) in [7, 11) is 0.